The maximum absolute atomic E-state index is 12.0. The van der Waals surface area contributed by atoms with Crippen LogP contribution in [0.4, 0.5) is 10.5 Å². The van der Waals surface area contributed by atoms with Crippen LogP contribution < -0.4 is 5.32 Å². The third-order valence-corrected chi connectivity index (χ3v) is 3.60. The number of hydrogen-bond donors (Lipinski definition) is 2. The van der Waals surface area contributed by atoms with E-state index in [0.717, 1.165) is 11.3 Å². The normalized spacial score (nSPS) is 15.3. The fourth-order valence-electron chi connectivity index (χ4n) is 1.94. The largest absolute Gasteiger partial charge is 0.411 e. The average molecular weight is 282 g/mol. The van der Waals surface area contributed by atoms with E-state index in [1.807, 2.05) is 19.1 Å². The van der Waals surface area contributed by atoms with Crippen LogP contribution in [0.2, 0.25) is 5.02 Å². The summed E-state index contributed by atoms with van der Waals surface area (Å²) in [5.41, 5.74) is 2.39. The Bertz CT molecular complexity index is 507. The van der Waals surface area contributed by atoms with Gasteiger partial charge in [0.15, 0.2) is 0 Å². The number of aryl methyl sites for hydroxylation is 1. The van der Waals surface area contributed by atoms with Gasteiger partial charge in [0.1, 0.15) is 0 Å². The van der Waals surface area contributed by atoms with Crippen LogP contribution >= 0.6 is 11.6 Å². The number of benzene rings is 1. The zero-order valence-corrected chi connectivity index (χ0v) is 11.4. The second kappa shape index (κ2) is 5.93. The van der Waals surface area contributed by atoms with Crippen molar-refractivity contribution >= 4 is 29.0 Å². The minimum absolute atomic E-state index is 0.156. The van der Waals surface area contributed by atoms with E-state index >= 15 is 0 Å². The minimum atomic E-state index is -0.156. The standard InChI is InChI=1S/C13H16ClN3O2/c1-9-2-3-11(8-12(9)14)15-13(18)17-6-4-10(16-19)5-7-17/h2-3,8,19H,4-7H2,1H3,(H,15,18). The first-order valence-corrected chi connectivity index (χ1v) is 6.50. The van der Waals surface area contributed by atoms with Gasteiger partial charge in [-0.25, -0.2) is 4.79 Å². The van der Waals surface area contributed by atoms with Crippen molar-refractivity contribution in [3.63, 3.8) is 0 Å². The molecular formula is C13H16ClN3O2. The van der Waals surface area contributed by atoms with Gasteiger partial charge in [0, 0.05) is 36.6 Å². The number of hydrogen-bond acceptors (Lipinski definition) is 3. The number of nitrogens with zero attached hydrogens (tertiary/aromatic N) is 2. The van der Waals surface area contributed by atoms with E-state index in [0.29, 0.717) is 36.6 Å². The van der Waals surface area contributed by atoms with E-state index in [-0.39, 0.29) is 6.03 Å². The number of piperidine rings is 1. The molecule has 0 aliphatic carbocycles. The third-order valence-electron chi connectivity index (χ3n) is 3.19. The zero-order valence-electron chi connectivity index (χ0n) is 10.7. The Balaban J connectivity index is 1.96. The molecule has 0 aromatic heterocycles. The highest BCUT2D eigenvalue weighted by atomic mass is 35.5. The number of likely N-dealkylation sites (tertiary alicyclic amines) is 1. The molecule has 0 atom stereocenters. The van der Waals surface area contributed by atoms with Gasteiger partial charge in [0.2, 0.25) is 0 Å². The van der Waals surface area contributed by atoms with E-state index < -0.39 is 0 Å². The van der Waals surface area contributed by atoms with Crippen LogP contribution in [0.15, 0.2) is 23.4 Å². The molecule has 0 radical (unpaired) electrons. The Hall–Kier alpha value is -1.75. The molecule has 1 saturated heterocycles. The van der Waals surface area contributed by atoms with Gasteiger partial charge in [-0.3, -0.25) is 0 Å². The van der Waals surface area contributed by atoms with Gasteiger partial charge in [-0.05, 0) is 24.6 Å². The first kappa shape index (κ1) is 13.7. The molecule has 1 aliphatic rings. The summed E-state index contributed by atoms with van der Waals surface area (Å²) in [4.78, 5) is 13.7. The Labute approximate surface area is 116 Å². The molecule has 19 heavy (non-hydrogen) atoms. The molecule has 0 saturated carbocycles. The van der Waals surface area contributed by atoms with Crippen LogP contribution in [0.3, 0.4) is 0 Å². The maximum Gasteiger partial charge on any atom is 0.321 e. The molecule has 1 aliphatic heterocycles. The van der Waals surface area contributed by atoms with E-state index in [1.165, 1.54) is 0 Å². The van der Waals surface area contributed by atoms with Gasteiger partial charge in [0.25, 0.3) is 0 Å². The van der Waals surface area contributed by atoms with Crippen LogP contribution in [0.1, 0.15) is 18.4 Å². The van der Waals surface area contributed by atoms with Crippen molar-refractivity contribution in [2.45, 2.75) is 19.8 Å². The SMILES string of the molecule is Cc1ccc(NC(=O)N2CCC(=NO)CC2)cc1Cl. The number of urea groups is 1. The average Bonchev–Trinajstić information content (AvgIpc) is 2.43. The van der Waals surface area contributed by atoms with Gasteiger partial charge < -0.3 is 15.4 Å². The van der Waals surface area contributed by atoms with Crippen molar-refractivity contribution in [1.82, 2.24) is 4.90 Å². The van der Waals surface area contributed by atoms with E-state index in [1.54, 1.807) is 11.0 Å². The van der Waals surface area contributed by atoms with Crippen molar-refractivity contribution in [2.24, 2.45) is 5.16 Å². The number of anilines is 1. The molecule has 102 valence electrons. The lowest BCUT2D eigenvalue weighted by molar-refractivity contribution is 0.210. The summed E-state index contributed by atoms with van der Waals surface area (Å²) in [5, 5.41) is 15.3. The summed E-state index contributed by atoms with van der Waals surface area (Å²) in [5.74, 6) is 0. The Morgan fingerprint density at radius 3 is 2.68 bits per heavy atom. The molecule has 6 heteroatoms. The lowest BCUT2D eigenvalue weighted by atomic mass is 10.1. The van der Waals surface area contributed by atoms with Crippen molar-refractivity contribution in [3.8, 4) is 0 Å². The van der Waals surface area contributed by atoms with Crippen LogP contribution in [0.25, 0.3) is 0 Å². The molecule has 2 amide bonds. The van der Waals surface area contributed by atoms with Gasteiger partial charge >= 0.3 is 6.03 Å². The van der Waals surface area contributed by atoms with Gasteiger partial charge in [-0.2, -0.15) is 0 Å². The topological polar surface area (TPSA) is 64.9 Å². The maximum atomic E-state index is 12.0. The molecule has 2 N–H and O–H groups in total. The molecule has 1 fully saturated rings. The quantitative estimate of drug-likeness (QED) is 0.614. The molecule has 0 bridgehead atoms. The number of halogens is 1. The van der Waals surface area contributed by atoms with Crippen LogP contribution in [0.5, 0.6) is 0 Å². The predicted molar refractivity (Wildman–Crippen MR) is 75.2 cm³/mol. The summed E-state index contributed by atoms with van der Waals surface area (Å²) in [6.45, 7) is 3.03. The number of oxime groups is 1. The second-order valence-corrected chi connectivity index (χ2v) is 4.95. The summed E-state index contributed by atoms with van der Waals surface area (Å²) < 4.78 is 0. The number of amides is 2. The molecular weight excluding hydrogens is 266 g/mol. The molecule has 5 nitrogen and oxygen atoms in total. The zero-order chi connectivity index (χ0) is 13.8. The minimum Gasteiger partial charge on any atom is -0.411 e. The van der Waals surface area contributed by atoms with Crippen LogP contribution in [-0.2, 0) is 0 Å². The lowest BCUT2D eigenvalue weighted by Crippen LogP contribution is -2.41. The fraction of sp³-hybridized carbons (Fsp3) is 0.385. The number of carbonyl (C=O) groups excluding carboxylic acids is 1. The highest BCUT2D eigenvalue weighted by Crippen LogP contribution is 2.20. The van der Waals surface area contributed by atoms with E-state index in [4.69, 9.17) is 16.8 Å². The third kappa shape index (κ3) is 3.38. The van der Waals surface area contributed by atoms with Gasteiger partial charge in [0.05, 0.1) is 5.71 Å². The Morgan fingerprint density at radius 2 is 2.11 bits per heavy atom. The molecule has 0 unspecified atom stereocenters. The fourth-order valence-corrected chi connectivity index (χ4v) is 2.12. The number of nitrogens with one attached hydrogen (secondary N) is 1. The lowest BCUT2D eigenvalue weighted by Gasteiger charge is -2.27. The summed E-state index contributed by atoms with van der Waals surface area (Å²) in [6, 6.07) is 5.27. The predicted octanol–water partition coefficient (Wildman–Crippen LogP) is 3.11. The van der Waals surface area contributed by atoms with Gasteiger partial charge in [-0.1, -0.05) is 22.8 Å². The van der Waals surface area contributed by atoms with Gasteiger partial charge in [-0.15, -0.1) is 0 Å². The van der Waals surface area contributed by atoms with Crippen LogP contribution in [-0.4, -0.2) is 34.9 Å². The monoisotopic (exact) mass is 281 g/mol. The van der Waals surface area contributed by atoms with E-state index in [9.17, 15) is 4.79 Å². The molecule has 1 heterocycles. The van der Waals surface area contributed by atoms with Crippen molar-refractivity contribution in [3.05, 3.63) is 28.8 Å². The van der Waals surface area contributed by atoms with Crippen molar-refractivity contribution in [1.29, 1.82) is 0 Å². The summed E-state index contributed by atoms with van der Waals surface area (Å²) in [7, 11) is 0. The second-order valence-electron chi connectivity index (χ2n) is 4.55. The first-order valence-electron chi connectivity index (χ1n) is 6.12. The molecule has 1 aromatic rings. The summed E-state index contributed by atoms with van der Waals surface area (Å²) in [6.07, 6.45) is 1.22. The Morgan fingerprint density at radius 1 is 1.42 bits per heavy atom. The number of carbonyl (C=O) groups is 1. The van der Waals surface area contributed by atoms with E-state index in [2.05, 4.69) is 10.5 Å². The summed E-state index contributed by atoms with van der Waals surface area (Å²) >= 11 is 6.01. The molecule has 0 spiro atoms. The van der Waals surface area contributed by atoms with Crippen molar-refractivity contribution in [2.75, 3.05) is 18.4 Å². The highest BCUT2D eigenvalue weighted by Gasteiger charge is 2.20. The number of rotatable bonds is 1. The Kier molecular flexibility index (Phi) is 4.27. The van der Waals surface area contributed by atoms with Crippen molar-refractivity contribution < 1.29 is 10.0 Å². The first-order chi connectivity index (χ1) is 9.10. The molecule has 2 rings (SSSR count). The van der Waals surface area contributed by atoms with Crippen LogP contribution in [0, 0.1) is 6.92 Å². The highest BCUT2D eigenvalue weighted by molar-refractivity contribution is 6.31. The smallest absolute Gasteiger partial charge is 0.321 e. The molecule has 1 aromatic carbocycles.